The molecule has 0 saturated heterocycles. The zero-order valence-electron chi connectivity index (χ0n) is 19.1. The lowest BCUT2D eigenvalue weighted by atomic mass is 9.49. The number of ether oxygens (including phenoxy) is 2. The first-order chi connectivity index (χ1) is 14.5. The van der Waals surface area contributed by atoms with Crippen LogP contribution in [0.2, 0.25) is 0 Å². The zero-order valence-corrected chi connectivity index (χ0v) is 19.1. The number of carbonyl (C=O) groups excluding carboxylic acids is 2. The van der Waals surface area contributed by atoms with Crippen LogP contribution in [0.4, 0.5) is 8.78 Å². The van der Waals surface area contributed by atoms with E-state index >= 15 is 0 Å². The Morgan fingerprint density at radius 1 is 1.06 bits per heavy atom. The van der Waals surface area contributed by atoms with E-state index in [0.29, 0.717) is 32.1 Å². The number of hydrogen-bond donors (Lipinski definition) is 1. The number of allylic oxidation sites excluding steroid dienone is 1. The molecule has 0 aliphatic heterocycles. The monoisotopic (exact) mass is 442 g/mol. The molecular formula is C24H36F2O5. The Morgan fingerprint density at radius 3 is 2.35 bits per heavy atom. The molecule has 0 aromatic heterocycles. The van der Waals surface area contributed by atoms with Crippen LogP contribution in [-0.2, 0) is 19.1 Å². The van der Waals surface area contributed by atoms with Crippen LogP contribution < -0.4 is 0 Å². The van der Waals surface area contributed by atoms with E-state index in [0.717, 1.165) is 12.8 Å². The average Bonchev–Trinajstić information content (AvgIpc) is 3.04. The summed E-state index contributed by atoms with van der Waals surface area (Å²) in [7, 11) is 0. The van der Waals surface area contributed by atoms with Gasteiger partial charge in [-0.05, 0) is 73.5 Å². The fraction of sp³-hybridized carbons (Fsp3) is 0.833. The van der Waals surface area contributed by atoms with Gasteiger partial charge in [0.25, 0.3) is 6.08 Å². The molecule has 3 fully saturated rings. The highest BCUT2D eigenvalue weighted by atomic mass is 19.3. The molecule has 0 aromatic carbocycles. The molecule has 0 amide bonds. The highest BCUT2D eigenvalue weighted by Crippen LogP contribution is 2.64. The molecule has 7 atom stereocenters. The summed E-state index contributed by atoms with van der Waals surface area (Å²) in [5, 5.41) is 10.4. The van der Waals surface area contributed by atoms with Crippen molar-refractivity contribution in [1.29, 1.82) is 0 Å². The molecule has 0 spiro atoms. The van der Waals surface area contributed by atoms with Crippen molar-refractivity contribution in [3.63, 3.8) is 0 Å². The van der Waals surface area contributed by atoms with Crippen LogP contribution in [-0.4, -0.2) is 36.4 Å². The summed E-state index contributed by atoms with van der Waals surface area (Å²) in [6, 6.07) is 0. The number of rotatable bonds is 5. The third kappa shape index (κ3) is 4.53. The Labute approximate surface area is 183 Å². The van der Waals surface area contributed by atoms with Crippen LogP contribution in [0.25, 0.3) is 0 Å². The Kier molecular flexibility index (Phi) is 7.14. The summed E-state index contributed by atoms with van der Waals surface area (Å²) in [5.41, 5.74) is -0.518. The fourth-order valence-corrected chi connectivity index (χ4v) is 7.17. The first-order valence-corrected chi connectivity index (χ1v) is 11.5. The lowest BCUT2D eigenvalue weighted by molar-refractivity contribution is -0.162. The lowest BCUT2D eigenvalue weighted by Crippen LogP contribution is -2.52. The maximum Gasteiger partial charge on any atom is 0.302 e. The van der Waals surface area contributed by atoms with Gasteiger partial charge in [0.15, 0.2) is 0 Å². The predicted molar refractivity (Wildman–Crippen MR) is 111 cm³/mol. The lowest BCUT2D eigenvalue weighted by Gasteiger charge is -2.56. The van der Waals surface area contributed by atoms with Gasteiger partial charge in [0.1, 0.15) is 6.10 Å². The highest BCUT2D eigenvalue weighted by Gasteiger charge is 2.58. The minimum atomic E-state index is -1.55. The Morgan fingerprint density at radius 2 is 1.77 bits per heavy atom. The van der Waals surface area contributed by atoms with Crippen LogP contribution in [0.5, 0.6) is 0 Å². The van der Waals surface area contributed by atoms with E-state index in [2.05, 4.69) is 6.92 Å². The minimum absolute atomic E-state index is 0.0187. The molecule has 0 bridgehead atoms. The SMILES string of the molecule is CC(=O)OC[C@H]1C[C@@H](OC(C)=O)CC[C@]1(C)C1CC[C@]2(C)C(=C(F)F)CCC2[C@@H]1CO. The second-order valence-electron chi connectivity index (χ2n) is 10.3. The molecular weight excluding hydrogens is 406 g/mol. The average molecular weight is 443 g/mol. The number of fused-ring (bicyclic) bond motifs is 1. The maximum absolute atomic E-state index is 13.6. The second-order valence-corrected chi connectivity index (χ2v) is 10.3. The first-order valence-electron chi connectivity index (χ1n) is 11.5. The zero-order chi connectivity index (χ0) is 23.0. The van der Waals surface area contributed by atoms with E-state index in [1.165, 1.54) is 13.8 Å². The van der Waals surface area contributed by atoms with Gasteiger partial charge in [-0.25, -0.2) is 0 Å². The van der Waals surface area contributed by atoms with E-state index in [-0.39, 0.29) is 65.9 Å². The molecule has 2 unspecified atom stereocenters. The number of hydrogen-bond acceptors (Lipinski definition) is 5. The van der Waals surface area contributed by atoms with Crippen molar-refractivity contribution in [3.8, 4) is 0 Å². The van der Waals surface area contributed by atoms with E-state index in [4.69, 9.17) is 9.47 Å². The third-order valence-corrected chi connectivity index (χ3v) is 8.81. The maximum atomic E-state index is 13.6. The molecule has 3 saturated carbocycles. The molecule has 5 nitrogen and oxygen atoms in total. The van der Waals surface area contributed by atoms with Gasteiger partial charge in [-0.3, -0.25) is 9.59 Å². The van der Waals surface area contributed by atoms with E-state index in [9.17, 15) is 23.5 Å². The van der Waals surface area contributed by atoms with Crippen LogP contribution in [0.3, 0.4) is 0 Å². The largest absolute Gasteiger partial charge is 0.466 e. The summed E-state index contributed by atoms with van der Waals surface area (Å²) in [5.74, 6) is -0.615. The fourth-order valence-electron chi connectivity index (χ4n) is 7.17. The van der Waals surface area contributed by atoms with Gasteiger partial charge in [0, 0.05) is 31.9 Å². The van der Waals surface area contributed by atoms with Crippen molar-refractivity contribution in [3.05, 3.63) is 11.7 Å². The van der Waals surface area contributed by atoms with Gasteiger partial charge in [-0.1, -0.05) is 13.8 Å². The van der Waals surface area contributed by atoms with Gasteiger partial charge in [-0.2, -0.15) is 8.78 Å². The van der Waals surface area contributed by atoms with Crippen molar-refractivity contribution in [1.82, 2.24) is 0 Å². The van der Waals surface area contributed by atoms with E-state index in [1.54, 1.807) is 0 Å². The van der Waals surface area contributed by atoms with Crippen molar-refractivity contribution in [2.45, 2.75) is 78.7 Å². The molecule has 3 aliphatic rings. The van der Waals surface area contributed by atoms with Gasteiger partial charge >= 0.3 is 11.9 Å². The van der Waals surface area contributed by atoms with Crippen LogP contribution in [0.1, 0.15) is 72.6 Å². The van der Waals surface area contributed by atoms with Crippen molar-refractivity contribution >= 4 is 11.9 Å². The molecule has 176 valence electrons. The second kappa shape index (κ2) is 9.16. The van der Waals surface area contributed by atoms with Crippen molar-refractivity contribution in [2.24, 2.45) is 34.5 Å². The molecule has 1 N–H and O–H groups in total. The molecule has 3 aliphatic carbocycles. The van der Waals surface area contributed by atoms with Crippen molar-refractivity contribution in [2.75, 3.05) is 13.2 Å². The van der Waals surface area contributed by atoms with Gasteiger partial charge in [0.2, 0.25) is 0 Å². The topological polar surface area (TPSA) is 72.8 Å². The first kappa shape index (κ1) is 24.1. The number of aliphatic hydroxyl groups is 1. The van der Waals surface area contributed by atoms with Crippen LogP contribution in [0.15, 0.2) is 11.7 Å². The van der Waals surface area contributed by atoms with Crippen LogP contribution in [0, 0.1) is 34.5 Å². The molecule has 7 heteroatoms. The smallest absolute Gasteiger partial charge is 0.302 e. The van der Waals surface area contributed by atoms with E-state index in [1.807, 2.05) is 6.92 Å². The summed E-state index contributed by atoms with van der Waals surface area (Å²) in [6.45, 7) is 7.11. The Hall–Kier alpha value is -1.50. The summed E-state index contributed by atoms with van der Waals surface area (Å²) < 4.78 is 38.1. The molecule has 0 aromatic rings. The highest BCUT2D eigenvalue weighted by molar-refractivity contribution is 5.66. The molecule has 31 heavy (non-hydrogen) atoms. The van der Waals surface area contributed by atoms with Gasteiger partial charge < -0.3 is 14.6 Å². The number of halogens is 2. The Bertz CT molecular complexity index is 733. The third-order valence-electron chi connectivity index (χ3n) is 8.81. The molecule has 0 heterocycles. The summed E-state index contributed by atoms with van der Waals surface area (Å²) in [4.78, 5) is 23.0. The Balaban J connectivity index is 1.88. The van der Waals surface area contributed by atoms with Gasteiger partial charge in [-0.15, -0.1) is 0 Å². The van der Waals surface area contributed by atoms with Gasteiger partial charge in [0.05, 0.1) is 6.61 Å². The normalized spacial score (nSPS) is 40.2. The molecule has 3 rings (SSSR count). The number of aliphatic hydroxyl groups excluding tert-OH is 1. The summed E-state index contributed by atoms with van der Waals surface area (Å²) in [6.07, 6.45) is 2.82. The van der Waals surface area contributed by atoms with E-state index < -0.39 is 11.5 Å². The number of carbonyl (C=O) groups is 2. The predicted octanol–water partition coefficient (Wildman–Crippen LogP) is 4.87. The minimum Gasteiger partial charge on any atom is -0.466 e. The summed E-state index contributed by atoms with van der Waals surface area (Å²) >= 11 is 0. The van der Waals surface area contributed by atoms with Crippen molar-refractivity contribution < 1.29 is 33.0 Å². The number of esters is 2. The van der Waals surface area contributed by atoms with Crippen LogP contribution >= 0.6 is 0 Å². The quantitative estimate of drug-likeness (QED) is 0.615. The molecule has 0 radical (unpaired) electrons. The standard InChI is InChI=1S/C24H36F2O5/c1-14(28)30-13-16-11-17(31-15(2)29)7-9-23(16,3)20-8-10-24(4)19(18(20)12-27)5-6-21(24)22(25)26/h16-20,27H,5-13H2,1-4H3/t16-,17+,18+,19?,20?,23+,24+/m1/s1.